The van der Waals surface area contributed by atoms with Crippen LogP contribution in [0.5, 0.6) is 5.75 Å². The lowest BCUT2D eigenvalue weighted by Gasteiger charge is -2.16. The van der Waals surface area contributed by atoms with Gasteiger partial charge in [0.05, 0.1) is 6.61 Å². The molecule has 4 heteroatoms. The number of ether oxygens (including phenoxy) is 2. The van der Waals surface area contributed by atoms with Gasteiger partial charge >= 0.3 is 0 Å². The van der Waals surface area contributed by atoms with E-state index in [2.05, 4.69) is 54.2 Å². The number of hydrogen-bond donors (Lipinski definition) is 1. The minimum atomic E-state index is 0.454. The number of nitrogens with one attached hydrogen (secondary N) is 1. The summed E-state index contributed by atoms with van der Waals surface area (Å²) in [5.74, 6) is 0.969. The minimum Gasteiger partial charge on any atom is -0.491 e. The second-order valence-corrected chi connectivity index (χ2v) is 5.71. The molecule has 0 saturated carbocycles. The second kappa shape index (κ2) is 8.56. The van der Waals surface area contributed by atoms with Crippen molar-refractivity contribution in [2.75, 3.05) is 19.8 Å². The number of hydrogen-bond acceptors (Lipinski definition) is 3. The first-order valence-electron chi connectivity index (χ1n) is 6.77. The van der Waals surface area contributed by atoms with Crippen LogP contribution in [-0.4, -0.2) is 25.9 Å². The summed E-state index contributed by atoms with van der Waals surface area (Å²) < 4.78 is 12.3. The predicted molar refractivity (Wildman–Crippen MR) is 82.8 cm³/mol. The largest absolute Gasteiger partial charge is 0.491 e. The van der Waals surface area contributed by atoms with Crippen molar-refractivity contribution in [2.45, 2.75) is 40.3 Å². The Bertz CT molecular complexity index is 394. The smallest absolute Gasteiger partial charge is 0.126 e. The maximum atomic E-state index is 5.87. The molecule has 0 radical (unpaired) electrons. The molecule has 1 rings (SSSR count). The van der Waals surface area contributed by atoms with Gasteiger partial charge < -0.3 is 14.8 Å². The fourth-order valence-corrected chi connectivity index (χ4v) is 2.42. The van der Waals surface area contributed by atoms with Gasteiger partial charge in [-0.3, -0.25) is 0 Å². The summed E-state index contributed by atoms with van der Waals surface area (Å²) in [6, 6.07) is 4.64. The molecule has 1 N–H and O–H groups in total. The Balaban J connectivity index is 2.74. The molecule has 1 aromatic rings. The molecule has 0 aliphatic rings. The summed E-state index contributed by atoms with van der Waals surface area (Å²) in [6.07, 6.45) is 0. The Labute approximate surface area is 124 Å². The predicted octanol–water partition coefficient (Wildman–Crippen LogP) is 3.67. The molecule has 0 bridgehead atoms. The SMILES string of the molecule is CCOCCOc1c(C)cc(Br)cc1CNC(C)C. The van der Waals surface area contributed by atoms with Gasteiger partial charge in [0.1, 0.15) is 12.4 Å². The third-order valence-electron chi connectivity index (χ3n) is 2.70. The molecule has 0 saturated heterocycles. The normalized spacial score (nSPS) is 11.1. The highest BCUT2D eigenvalue weighted by atomic mass is 79.9. The van der Waals surface area contributed by atoms with Gasteiger partial charge in [-0.15, -0.1) is 0 Å². The Morgan fingerprint density at radius 2 is 2.00 bits per heavy atom. The van der Waals surface area contributed by atoms with E-state index in [9.17, 15) is 0 Å². The lowest BCUT2D eigenvalue weighted by molar-refractivity contribution is 0.109. The minimum absolute atomic E-state index is 0.454. The first-order chi connectivity index (χ1) is 9.04. The van der Waals surface area contributed by atoms with Crippen LogP contribution >= 0.6 is 15.9 Å². The van der Waals surface area contributed by atoms with E-state index in [-0.39, 0.29) is 0 Å². The van der Waals surface area contributed by atoms with Gasteiger partial charge in [-0.2, -0.15) is 0 Å². The van der Waals surface area contributed by atoms with Crippen molar-refractivity contribution < 1.29 is 9.47 Å². The Kier molecular flexibility index (Phi) is 7.42. The zero-order valence-electron chi connectivity index (χ0n) is 12.3. The van der Waals surface area contributed by atoms with E-state index in [4.69, 9.17) is 9.47 Å². The third-order valence-corrected chi connectivity index (χ3v) is 3.15. The van der Waals surface area contributed by atoms with Crippen molar-refractivity contribution in [1.29, 1.82) is 0 Å². The van der Waals surface area contributed by atoms with Crippen molar-refractivity contribution in [2.24, 2.45) is 0 Å². The molecule has 0 aliphatic carbocycles. The fraction of sp³-hybridized carbons (Fsp3) is 0.600. The first-order valence-corrected chi connectivity index (χ1v) is 7.56. The fourth-order valence-electron chi connectivity index (χ4n) is 1.80. The second-order valence-electron chi connectivity index (χ2n) is 4.79. The van der Waals surface area contributed by atoms with Gasteiger partial charge in [-0.05, 0) is 31.5 Å². The molecule has 0 unspecified atom stereocenters. The summed E-state index contributed by atoms with van der Waals surface area (Å²) in [4.78, 5) is 0. The van der Waals surface area contributed by atoms with E-state index in [0.29, 0.717) is 19.3 Å². The van der Waals surface area contributed by atoms with Crippen molar-refractivity contribution in [1.82, 2.24) is 5.32 Å². The van der Waals surface area contributed by atoms with Crippen LogP contribution in [-0.2, 0) is 11.3 Å². The molecule has 19 heavy (non-hydrogen) atoms. The summed E-state index contributed by atoms with van der Waals surface area (Å²) >= 11 is 3.54. The van der Waals surface area contributed by atoms with Crippen LogP contribution in [0.3, 0.4) is 0 Å². The molecule has 0 aliphatic heterocycles. The third kappa shape index (κ3) is 5.93. The lowest BCUT2D eigenvalue weighted by Crippen LogP contribution is -2.22. The van der Waals surface area contributed by atoms with Crippen LogP contribution in [0.4, 0.5) is 0 Å². The molecule has 0 aromatic heterocycles. The van der Waals surface area contributed by atoms with Gasteiger partial charge in [0.25, 0.3) is 0 Å². The van der Waals surface area contributed by atoms with Crippen molar-refractivity contribution in [3.63, 3.8) is 0 Å². The molecule has 0 heterocycles. The van der Waals surface area contributed by atoms with Gasteiger partial charge in [-0.25, -0.2) is 0 Å². The molecule has 108 valence electrons. The van der Waals surface area contributed by atoms with Crippen LogP contribution in [0.15, 0.2) is 16.6 Å². The number of aryl methyl sites for hydroxylation is 1. The highest BCUT2D eigenvalue weighted by Gasteiger charge is 2.09. The zero-order chi connectivity index (χ0) is 14.3. The Morgan fingerprint density at radius 3 is 2.63 bits per heavy atom. The monoisotopic (exact) mass is 329 g/mol. The quantitative estimate of drug-likeness (QED) is 0.738. The molecule has 0 amide bonds. The molecule has 3 nitrogen and oxygen atoms in total. The Hall–Kier alpha value is -0.580. The highest BCUT2D eigenvalue weighted by molar-refractivity contribution is 9.10. The standard InChI is InChI=1S/C15H24BrNO2/c1-5-18-6-7-19-15-12(4)8-14(16)9-13(15)10-17-11(2)3/h8-9,11,17H,5-7,10H2,1-4H3. The maximum absolute atomic E-state index is 5.87. The molecule has 0 fully saturated rings. The molecule has 1 aromatic carbocycles. The number of rotatable bonds is 8. The number of halogens is 1. The highest BCUT2D eigenvalue weighted by Crippen LogP contribution is 2.28. The molecular formula is C15H24BrNO2. The van der Waals surface area contributed by atoms with Crippen LogP contribution in [0.25, 0.3) is 0 Å². The van der Waals surface area contributed by atoms with E-state index in [1.54, 1.807) is 0 Å². The number of benzene rings is 1. The van der Waals surface area contributed by atoms with Crippen LogP contribution in [0.1, 0.15) is 31.9 Å². The zero-order valence-corrected chi connectivity index (χ0v) is 13.8. The molecule has 0 spiro atoms. The summed E-state index contributed by atoms with van der Waals surface area (Å²) in [6.45, 7) is 11.1. The van der Waals surface area contributed by atoms with E-state index in [1.165, 1.54) is 5.56 Å². The van der Waals surface area contributed by atoms with E-state index in [0.717, 1.165) is 28.9 Å². The van der Waals surface area contributed by atoms with Crippen molar-refractivity contribution >= 4 is 15.9 Å². The van der Waals surface area contributed by atoms with Gasteiger partial charge in [0.2, 0.25) is 0 Å². The molecular weight excluding hydrogens is 306 g/mol. The van der Waals surface area contributed by atoms with Crippen LogP contribution in [0.2, 0.25) is 0 Å². The summed E-state index contributed by atoms with van der Waals surface area (Å²) in [7, 11) is 0. The van der Waals surface area contributed by atoms with Gasteiger partial charge in [0.15, 0.2) is 0 Å². The topological polar surface area (TPSA) is 30.5 Å². The average Bonchev–Trinajstić information content (AvgIpc) is 2.34. The van der Waals surface area contributed by atoms with E-state index >= 15 is 0 Å². The lowest BCUT2D eigenvalue weighted by atomic mass is 10.1. The average molecular weight is 330 g/mol. The van der Waals surface area contributed by atoms with Gasteiger partial charge in [-0.1, -0.05) is 29.8 Å². The van der Waals surface area contributed by atoms with Crippen molar-refractivity contribution in [3.05, 3.63) is 27.7 Å². The van der Waals surface area contributed by atoms with Crippen LogP contribution in [0, 0.1) is 6.92 Å². The first kappa shape index (κ1) is 16.5. The van der Waals surface area contributed by atoms with Crippen molar-refractivity contribution in [3.8, 4) is 5.75 Å². The van der Waals surface area contributed by atoms with Gasteiger partial charge in [0, 0.05) is 29.2 Å². The summed E-state index contributed by atoms with van der Waals surface area (Å²) in [5, 5.41) is 3.43. The van der Waals surface area contributed by atoms with E-state index < -0.39 is 0 Å². The van der Waals surface area contributed by atoms with Crippen LogP contribution < -0.4 is 10.1 Å². The summed E-state index contributed by atoms with van der Waals surface area (Å²) in [5.41, 5.74) is 2.32. The maximum Gasteiger partial charge on any atom is 0.126 e. The van der Waals surface area contributed by atoms with E-state index in [1.807, 2.05) is 6.92 Å². The Morgan fingerprint density at radius 1 is 1.26 bits per heavy atom. The molecule has 0 atom stereocenters.